The molecule has 116 valence electrons. The van der Waals surface area contributed by atoms with Gasteiger partial charge in [0.1, 0.15) is 5.82 Å². The van der Waals surface area contributed by atoms with Gasteiger partial charge in [-0.3, -0.25) is 5.41 Å². The lowest BCUT2D eigenvalue weighted by Crippen LogP contribution is -2.29. The fourth-order valence-electron chi connectivity index (χ4n) is 2.17. The summed E-state index contributed by atoms with van der Waals surface area (Å²) in [4.78, 5) is 4.18. The lowest BCUT2D eigenvalue weighted by Gasteiger charge is -2.10. The molecule has 2 aromatic rings. The maximum Gasteiger partial charge on any atom is 0.194 e. The van der Waals surface area contributed by atoms with Crippen LogP contribution in [0.3, 0.4) is 0 Å². The van der Waals surface area contributed by atoms with E-state index in [0.717, 1.165) is 12.0 Å². The first-order valence-corrected chi connectivity index (χ1v) is 7.77. The number of aromatic nitrogens is 1. The normalized spacial score (nSPS) is 10.3. The average Bonchev–Trinajstić information content (AvgIpc) is 2.52. The molecule has 0 saturated heterocycles. The Morgan fingerprint density at radius 1 is 1.14 bits per heavy atom. The summed E-state index contributed by atoms with van der Waals surface area (Å²) < 4.78 is 0. The Bertz CT molecular complexity index is 605. The minimum atomic E-state index is 0.258. The van der Waals surface area contributed by atoms with Crippen LogP contribution >= 0.6 is 0 Å². The van der Waals surface area contributed by atoms with Crippen molar-refractivity contribution < 1.29 is 0 Å². The van der Waals surface area contributed by atoms with E-state index in [2.05, 4.69) is 46.8 Å². The Balaban J connectivity index is 1.80. The first-order valence-electron chi connectivity index (χ1n) is 7.77. The molecule has 0 spiro atoms. The van der Waals surface area contributed by atoms with Gasteiger partial charge in [0.15, 0.2) is 5.96 Å². The van der Waals surface area contributed by atoms with Crippen LogP contribution in [-0.4, -0.2) is 10.9 Å². The van der Waals surface area contributed by atoms with Crippen molar-refractivity contribution in [2.75, 3.05) is 5.32 Å². The van der Waals surface area contributed by atoms with Crippen LogP contribution in [0.25, 0.3) is 0 Å². The number of aryl methyl sites for hydroxylation is 2. The van der Waals surface area contributed by atoms with Gasteiger partial charge >= 0.3 is 0 Å². The summed E-state index contributed by atoms with van der Waals surface area (Å²) in [6.07, 6.45) is 5.33. The molecule has 22 heavy (non-hydrogen) atoms. The second-order valence-electron chi connectivity index (χ2n) is 5.49. The van der Waals surface area contributed by atoms with Crippen LogP contribution in [-0.2, 0) is 13.0 Å². The second kappa shape index (κ2) is 8.17. The standard InChI is InChI=1S/C18H24N4/c1-3-4-5-15-6-8-16(9-7-15)13-21-18(19)22-17-12-14(2)10-11-20-17/h6-12H,3-5,13H2,1-2H3,(H3,19,20,21,22). The van der Waals surface area contributed by atoms with Crippen molar-refractivity contribution in [3.8, 4) is 0 Å². The van der Waals surface area contributed by atoms with Crippen molar-refractivity contribution in [1.82, 2.24) is 10.3 Å². The summed E-state index contributed by atoms with van der Waals surface area (Å²) in [5.74, 6) is 0.945. The Labute approximate surface area is 132 Å². The molecule has 3 N–H and O–H groups in total. The molecular weight excluding hydrogens is 272 g/mol. The third-order valence-corrected chi connectivity index (χ3v) is 3.48. The molecule has 0 atom stereocenters. The monoisotopic (exact) mass is 296 g/mol. The lowest BCUT2D eigenvalue weighted by molar-refractivity contribution is 0.794. The molecule has 0 radical (unpaired) electrons. The van der Waals surface area contributed by atoms with Crippen LogP contribution in [0.2, 0.25) is 0 Å². The zero-order valence-corrected chi connectivity index (χ0v) is 13.3. The summed E-state index contributed by atoms with van der Waals surface area (Å²) in [7, 11) is 0. The smallest absolute Gasteiger partial charge is 0.194 e. The molecule has 0 aliphatic carbocycles. The van der Waals surface area contributed by atoms with E-state index in [-0.39, 0.29) is 5.96 Å². The maximum absolute atomic E-state index is 7.92. The van der Waals surface area contributed by atoms with E-state index in [9.17, 15) is 0 Å². The van der Waals surface area contributed by atoms with E-state index in [0.29, 0.717) is 12.4 Å². The quantitative estimate of drug-likeness (QED) is 0.560. The molecule has 4 nitrogen and oxygen atoms in total. The molecular formula is C18H24N4. The second-order valence-corrected chi connectivity index (χ2v) is 5.49. The molecule has 4 heteroatoms. The molecule has 1 aromatic heterocycles. The highest BCUT2D eigenvalue weighted by atomic mass is 15.2. The first-order chi connectivity index (χ1) is 10.7. The number of hydrogen-bond donors (Lipinski definition) is 3. The van der Waals surface area contributed by atoms with Crippen molar-refractivity contribution in [2.24, 2.45) is 0 Å². The zero-order valence-electron chi connectivity index (χ0n) is 13.3. The topological polar surface area (TPSA) is 60.8 Å². The van der Waals surface area contributed by atoms with Gasteiger partial charge in [-0.1, -0.05) is 37.6 Å². The van der Waals surface area contributed by atoms with Crippen molar-refractivity contribution in [3.63, 3.8) is 0 Å². The van der Waals surface area contributed by atoms with E-state index in [4.69, 9.17) is 5.41 Å². The number of pyridine rings is 1. The SMILES string of the molecule is CCCCc1ccc(CNC(=N)Nc2cc(C)ccn2)cc1. The van der Waals surface area contributed by atoms with Crippen LogP contribution in [0.1, 0.15) is 36.5 Å². The predicted molar refractivity (Wildman–Crippen MR) is 92.2 cm³/mol. The largest absolute Gasteiger partial charge is 0.352 e. The van der Waals surface area contributed by atoms with Crippen molar-refractivity contribution in [1.29, 1.82) is 5.41 Å². The zero-order chi connectivity index (χ0) is 15.8. The van der Waals surface area contributed by atoms with Gasteiger partial charge in [-0.05, 0) is 48.6 Å². The lowest BCUT2D eigenvalue weighted by atomic mass is 10.1. The average molecular weight is 296 g/mol. The van der Waals surface area contributed by atoms with Crippen LogP contribution in [0, 0.1) is 12.3 Å². The fourth-order valence-corrected chi connectivity index (χ4v) is 2.17. The molecule has 0 fully saturated rings. The van der Waals surface area contributed by atoms with E-state index in [1.807, 2.05) is 19.1 Å². The summed E-state index contributed by atoms with van der Waals surface area (Å²) in [5, 5.41) is 13.9. The highest BCUT2D eigenvalue weighted by Crippen LogP contribution is 2.08. The molecule has 0 bridgehead atoms. The summed E-state index contributed by atoms with van der Waals surface area (Å²) in [6, 6.07) is 12.4. The number of guanidine groups is 1. The number of nitrogens with zero attached hydrogens (tertiary/aromatic N) is 1. The highest BCUT2D eigenvalue weighted by Gasteiger charge is 2.00. The predicted octanol–water partition coefficient (Wildman–Crippen LogP) is 3.87. The van der Waals surface area contributed by atoms with Gasteiger partial charge in [0.25, 0.3) is 0 Å². The van der Waals surface area contributed by atoms with Gasteiger partial charge in [-0.2, -0.15) is 0 Å². The van der Waals surface area contributed by atoms with Gasteiger partial charge in [0.2, 0.25) is 0 Å². The van der Waals surface area contributed by atoms with Crippen LogP contribution < -0.4 is 10.6 Å². The minimum absolute atomic E-state index is 0.258. The van der Waals surface area contributed by atoms with Crippen LogP contribution in [0.4, 0.5) is 5.82 Å². The Hall–Kier alpha value is -2.36. The number of anilines is 1. The molecule has 0 amide bonds. The molecule has 1 heterocycles. The number of unbranched alkanes of at least 4 members (excludes halogenated alkanes) is 1. The number of nitrogens with one attached hydrogen (secondary N) is 3. The Morgan fingerprint density at radius 3 is 2.55 bits per heavy atom. The van der Waals surface area contributed by atoms with Crippen molar-refractivity contribution in [3.05, 3.63) is 59.3 Å². The molecule has 1 aromatic carbocycles. The summed E-state index contributed by atoms with van der Waals surface area (Å²) >= 11 is 0. The van der Waals surface area contributed by atoms with Gasteiger partial charge in [-0.15, -0.1) is 0 Å². The molecule has 2 rings (SSSR count). The van der Waals surface area contributed by atoms with Crippen LogP contribution in [0.5, 0.6) is 0 Å². The van der Waals surface area contributed by atoms with Crippen LogP contribution in [0.15, 0.2) is 42.6 Å². The van der Waals surface area contributed by atoms with Gasteiger partial charge in [-0.25, -0.2) is 4.98 Å². The van der Waals surface area contributed by atoms with Crippen molar-refractivity contribution >= 4 is 11.8 Å². The highest BCUT2D eigenvalue weighted by molar-refractivity contribution is 5.90. The van der Waals surface area contributed by atoms with E-state index in [1.165, 1.54) is 24.0 Å². The van der Waals surface area contributed by atoms with Gasteiger partial charge < -0.3 is 10.6 Å². The third kappa shape index (κ3) is 5.20. The van der Waals surface area contributed by atoms with E-state index < -0.39 is 0 Å². The van der Waals surface area contributed by atoms with Gasteiger partial charge in [0.05, 0.1) is 0 Å². The van der Waals surface area contributed by atoms with Gasteiger partial charge in [0, 0.05) is 12.7 Å². The molecule has 0 aliphatic rings. The summed E-state index contributed by atoms with van der Waals surface area (Å²) in [6.45, 7) is 4.84. The third-order valence-electron chi connectivity index (χ3n) is 3.48. The Kier molecular flexibility index (Phi) is 5.95. The molecule has 0 aliphatic heterocycles. The fraction of sp³-hybridized carbons (Fsp3) is 0.333. The summed E-state index contributed by atoms with van der Waals surface area (Å²) in [5.41, 5.74) is 3.67. The number of benzene rings is 1. The Morgan fingerprint density at radius 2 is 1.86 bits per heavy atom. The first kappa shape index (κ1) is 16.0. The minimum Gasteiger partial charge on any atom is -0.352 e. The van der Waals surface area contributed by atoms with E-state index >= 15 is 0 Å². The van der Waals surface area contributed by atoms with Crippen molar-refractivity contribution in [2.45, 2.75) is 39.7 Å². The molecule has 0 saturated carbocycles. The van der Waals surface area contributed by atoms with E-state index in [1.54, 1.807) is 6.20 Å². The number of hydrogen-bond acceptors (Lipinski definition) is 2. The molecule has 0 unspecified atom stereocenters. The maximum atomic E-state index is 7.92. The number of rotatable bonds is 6.